The lowest BCUT2D eigenvalue weighted by Gasteiger charge is -2.40. The largest absolute Gasteiger partial charge is 0.481 e. The van der Waals surface area contributed by atoms with Gasteiger partial charge in [-0.05, 0) is 49.3 Å². The Morgan fingerprint density at radius 3 is 2.68 bits per heavy atom. The Morgan fingerprint density at radius 1 is 1.27 bits per heavy atom. The molecule has 3 aliphatic heterocycles. The van der Waals surface area contributed by atoms with Crippen LogP contribution in [0.1, 0.15) is 49.1 Å². The zero-order valence-corrected chi connectivity index (χ0v) is 12.6. The van der Waals surface area contributed by atoms with Gasteiger partial charge in [0.1, 0.15) is 5.82 Å². The van der Waals surface area contributed by atoms with E-state index in [1.54, 1.807) is 0 Å². The van der Waals surface area contributed by atoms with Gasteiger partial charge in [0.25, 0.3) is 0 Å². The number of benzene rings is 1. The van der Waals surface area contributed by atoms with E-state index in [0.717, 1.165) is 43.4 Å². The quantitative estimate of drug-likeness (QED) is 0.893. The Morgan fingerprint density at radius 2 is 2.05 bits per heavy atom. The van der Waals surface area contributed by atoms with Crippen molar-refractivity contribution in [3.05, 3.63) is 29.3 Å². The smallest absolute Gasteiger partial charge is 0.314 e. The predicted octanol–water partition coefficient (Wildman–Crippen LogP) is 3.37. The molecule has 2 bridgehead atoms. The molecule has 6 rings (SSSR count). The maximum Gasteiger partial charge on any atom is 0.314 e. The molecule has 2 N–H and O–H groups in total. The summed E-state index contributed by atoms with van der Waals surface area (Å²) in [6.45, 7) is 2.30. The van der Waals surface area contributed by atoms with Crippen LogP contribution >= 0.6 is 0 Å². The summed E-state index contributed by atoms with van der Waals surface area (Å²) in [5.74, 6) is 1.27. The molecular weight excluding hydrogens is 276 g/mol. The molecule has 114 valence electrons. The number of carboxylic acids is 1. The van der Waals surface area contributed by atoms with E-state index < -0.39 is 11.4 Å². The Kier molecular flexibility index (Phi) is 2.32. The summed E-state index contributed by atoms with van der Waals surface area (Å²) in [6, 6.07) is 6.28. The molecule has 0 amide bonds. The van der Waals surface area contributed by atoms with E-state index >= 15 is 0 Å². The highest BCUT2D eigenvalue weighted by Gasteiger charge is 2.46. The molecule has 0 atom stereocenters. The highest BCUT2D eigenvalue weighted by molar-refractivity contribution is 5.93. The Labute approximate surface area is 129 Å². The van der Waals surface area contributed by atoms with Gasteiger partial charge in [0, 0.05) is 29.6 Å². The number of rotatable bonds is 2. The van der Waals surface area contributed by atoms with Crippen molar-refractivity contribution in [1.29, 1.82) is 0 Å². The second-order valence-corrected chi connectivity index (χ2v) is 7.15. The number of nitrogens with one attached hydrogen (secondary N) is 1. The monoisotopic (exact) mass is 296 g/mol. The van der Waals surface area contributed by atoms with Gasteiger partial charge in [-0.1, -0.05) is 12.5 Å². The molecule has 1 saturated heterocycles. The minimum absolute atomic E-state index is 0.633. The van der Waals surface area contributed by atoms with Gasteiger partial charge in [0.05, 0.1) is 5.41 Å². The number of carboxylic acid groups (broad SMARTS) is 1. The minimum atomic E-state index is -0.659. The third kappa shape index (κ3) is 1.40. The maximum absolute atomic E-state index is 11.8. The Hall–Kier alpha value is -1.97. The molecule has 4 heteroatoms. The van der Waals surface area contributed by atoms with Crippen molar-refractivity contribution >= 4 is 22.7 Å². The number of carbonyl (C=O) groups is 1. The summed E-state index contributed by atoms with van der Waals surface area (Å²) in [5, 5.41) is 10.9. The van der Waals surface area contributed by atoms with Crippen molar-refractivity contribution < 1.29 is 9.90 Å². The first-order valence-electron chi connectivity index (χ1n) is 8.33. The number of aromatic nitrogens is 1. The van der Waals surface area contributed by atoms with Crippen molar-refractivity contribution in [2.75, 3.05) is 18.0 Å². The summed E-state index contributed by atoms with van der Waals surface area (Å²) >= 11 is 0. The normalized spacial score (nSPS) is 22.6. The third-order valence-corrected chi connectivity index (χ3v) is 6.21. The second kappa shape index (κ2) is 4.06. The first-order chi connectivity index (χ1) is 10.7. The molecule has 0 unspecified atom stereocenters. The van der Waals surface area contributed by atoms with E-state index in [-0.39, 0.29) is 0 Å². The lowest BCUT2D eigenvalue weighted by Crippen LogP contribution is -2.42. The number of H-pyrrole nitrogens is 1. The average Bonchev–Trinajstić information content (AvgIpc) is 2.88. The summed E-state index contributed by atoms with van der Waals surface area (Å²) < 4.78 is 0. The molecule has 1 aliphatic carbocycles. The molecule has 0 spiro atoms. The second-order valence-electron chi connectivity index (χ2n) is 7.15. The first kappa shape index (κ1) is 12.6. The minimum Gasteiger partial charge on any atom is -0.481 e. The van der Waals surface area contributed by atoms with Gasteiger partial charge >= 0.3 is 5.97 Å². The number of hydrogen-bond acceptors (Lipinski definition) is 2. The van der Waals surface area contributed by atoms with E-state index in [4.69, 9.17) is 0 Å². The molecule has 1 aromatic carbocycles. The van der Waals surface area contributed by atoms with Crippen LogP contribution in [0.5, 0.6) is 0 Å². The molecule has 1 aromatic heterocycles. The first-order valence-corrected chi connectivity index (χ1v) is 8.33. The van der Waals surface area contributed by atoms with E-state index in [1.165, 1.54) is 29.6 Å². The lowest BCUT2D eigenvalue weighted by molar-refractivity contribution is -0.147. The lowest BCUT2D eigenvalue weighted by atomic mass is 9.64. The highest BCUT2D eigenvalue weighted by atomic mass is 16.4. The third-order valence-electron chi connectivity index (χ3n) is 6.21. The van der Waals surface area contributed by atoms with Gasteiger partial charge in [0.15, 0.2) is 0 Å². The van der Waals surface area contributed by atoms with E-state index in [1.807, 2.05) is 6.07 Å². The van der Waals surface area contributed by atoms with Crippen LogP contribution in [-0.2, 0) is 10.2 Å². The molecule has 2 fully saturated rings. The van der Waals surface area contributed by atoms with Crippen molar-refractivity contribution in [2.24, 2.45) is 0 Å². The van der Waals surface area contributed by atoms with Gasteiger partial charge in [0.2, 0.25) is 0 Å². The summed E-state index contributed by atoms with van der Waals surface area (Å²) in [4.78, 5) is 17.8. The van der Waals surface area contributed by atoms with E-state index in [0.29, 0.717) is 5.92 Å². The standard InChI is InChI=1S/C18H20N2O2/c21-17(22)18(6-1-7-18)12-2-3-14-13(10-12)15-11-4-8-20(9-5-11)16(15)19-14/h2-3,10-11,19H,1,4-9H2,(H,21,22). The number of hydrogen-bond donors (Lipinski definition) is 2. The summed E-state index contributed by atoms with van der Waals surface area (Å²) in [6.07, 6.45) is 5.03. The van der Waals surface area contributed by atoms with Gasteiger partial charge in [-0.2, -0.15) is 0 Å². The van der Waals surface area contributed by atoms with Crippen molar-refractivity contribution in [3.63, 3.8) is 0 Å². The van der Waals surface area contributed by atoms with Crippen molar-refractivity contribution in [3.8, 4) is 0 Å². The summed E-state index contributed by atoms with van der Waals surface area (Å²) in [7, 11) is 0. The molecule has 0 radical (unpaired) electrons. The summed E-state index contributed by atoms with van der Waals surface area (Å²) in [5.41, 5.74) is 2.96. The number of nitrogens with zero attached hydrogens (tertiary/aromatic N) is 1. The van der Waals surface area contributed by atoms with Crippen molar-refractivity contribution in [2.45, 2.75) is 43.4 Å². The van der Waals surface area contributed by atoms with Crippen LogP contribution in [0.25, 0.3) is 10.9 Å². The fourth-order valence-electron chi connectivity index (χ4n) is 4.71. The topological polar surface area (TPSA) is 56.3 Å². The van der Waals surface area contributed by atoms with Crippen LogP contribution < -0.4 is 4.90 Å². The van der Waals surface area contributed by atoms with Gasteiger partial charge < -0.3 is 15.0 Å². The molecular formula is C18H20N2O2. The maximum atomic E-state index is 11.8. The number of aromatic amines is 1. The molecule has 2 aromatic rings. The molecule has 4 nitrogen and oxygen atoms in total. The Balaban J connectivity index is 1.71. The molecule has 1 saturated carbocycles. The van der Waals surface area contributed by atoms with Crippen molar-refractivity contribution in [1.82, 2.24) is 4.98 Å². The van der Waals surface area contributed by atoms with Gasteiger partial charge in [-0.3, -0.25) is 4.79 Å². The molecule has 4 heterocycles. The highest BCUT2D eigenvalue weighted by Crippen LogP contribution is 2.49. The predicted molar refractivity (Wildman–Crippen MR) is 85.7 cm³/mol. The SMILES string of the molecule is O=C(O)C1(c2ccc3[nH]c4c(c3c2)C2CCN4CC2)CCC1. The van der Waals surface area contributed by atoms with Gasteiger partial charge in [-0.15, -0.1) is 0 Å². The van der Waals surface area contributed by atoms with Crippen LogP contribution in [-0.4, -0.2) is 29.1 Å². The molecule has 4 aliphatic rings. The van der Waals surface area contributed by atoms with E-state index in [2.05, 4.69) is 22.0 Å². The van der Waals surface area contributed by atoms with Crippen LogP contribution in [0.15, 0.2) is 18.2 Å². The van der Waals surface area contributed by atoms with Gasteiger partial charge in [-0.25, -0.2) is 0 Å². The van der Waals surface area contributed by atoms with Crippen LogP contribution in [0.2, 0.25) is 0 Å². The fraction of sp³-hybridized carbons (Fsp3) is 0.500. The fourth-order valence-corrected chi connectivity index (χ4v) is 4.71. The zero-order valence-electron chi connectivity index (χ0n) is 12.6. The van der Waals surface area contributed by atoms with Crippen LogP contribution in [0.4, 0.5) is 5.82 Å². The van der Waals surface area contributed by atoms with Crippen LogP contribution in [0, 0.1) is 0 Å². The molecule has 22 heavy (non-hydrogen) atoms. The van der Waals surface area contributed by atoms with Crippen LogP contribution in [0.3, 0.4) is 0 Å². The Bertz CT molecular complexity index is 780. The number of aliphatic carboxylic acids is 1. The number of fused-ring (bicyclic) bond motifs is 3. The average molecular weight is 296 g/mol. The number of anilines is 1. The zero-order chi connectivity index (χ0) is 14.9. The number of piperidine rings is 1. The van der Waals surface area contributed by atoms with E-state index in [9.17, 15) is 9.90 Å².